The summed E-state index contributed by atoms with van der Waals surface area (Å²) in [4.78, 5) is 10.4. The summed E-state index contributed by atoms with van der Waals surface area (Å²) in [5.74, 6) is -0.651. The van der Waals surface area contributed by atoms with Gasteiger partial charge in [-0.3, -0.25) is 4.79 Å². The molecule has 178 valence electrons. The number of aliphatic carboxylic acids is 1. The molecule has 0 aromatic carbocycles. The normalized spacial score (nSPS) is 11.5. The minimum atomic E-state index is -0.651. The van der Waals surface area contributed by atoms with E-state index in [0.717, 1.165) is 12.8 Å². The van der Waals surface area contributed by atoms with E-state index in [1.807, 2.05) is 0 Å². The molecule has 0 saturated carbocycles. The monoisotopic (exact) mass is 422 g/mol. The fourth-order valence-corrected chi connectivity index (χ4v) is 4.11. The molecule has 0 atom stereocenters. The Labute approximate surface area is 189 Å². The average Bonchev–Trinajstić information content (AvgIpc) is 2.73. The topological polar surface area (TPSA) is 37.3 Å². The molecule has 0 bridgehead atoms. The van der Waals surface area contributed by atoms with Crippen molar-refractivity contribution >= 4 is 5.97 Å². The van der Waals surface area contributed by atoms with Crippen molar-refractivity contribution in [2.45, 2.75) is 161 Å². The van der Waals surface area contributed by atoms with Gasteiger partial charge in [-0.1, -0.05) is 135 Å². The van der Waals surface area contributed by atoms with E-state index in [1.54, 1.807) is 0 Å². The number of rotatable bonds is 25. The van der Waals surface area contributed by atoms with Crippen LogP contribution in [-0.2, 0) is 4.79 Å². The molecule has 2 heteroatoms. The fourth-order valence-electron chi connectivity index (χ4n) is 4.11. The Balaban J connectivity index is 3.04. The number of carboxylic acid groups (broad SMARTS) is 1. The third-order valence-electron chi connectivity index (χ3n) is 6.15. The molecule has 2 nitrogen and oxygen atoms in total. The Morgan fingerprint density at radius 2 is 0.800 bits per heavy atom. The van der Waals surface area contributed by atoms with Crippen molar-refractivity contribution in [1.29, 1.82) is 0 Å². The summed E-state index contributed by atoms with van der Waals surface area (Å²) < 4.78 is 0. The van der Waals surface area contributed by atoms with E-state index in [-0.39, 0.29) is 0 Å². The van der Waals surface area contributed by atoms with Crippen LogP contribution < -0.4 is 0 Å². The number of hydrogen-bond acceptors (Lipinski definition) is 1. The number of allylic oxidation sites excluding steroid dienone is 2. The number of unbranched alkanes of at least 4 members (excludes halogenated alkanes) is 21. The standard InChI is InChI=1S/C28H54O2/c1-2-3-4-5-6-7-8-9-10-11-12-13-14-15-16-17-18-19-20-21-22-23-24-25-26-27-28(29)30/h6-7H,2-5,8-27H2,1H3,(H,29,30). The fraction of sp³-hybridized carbons (Fsp3) is 0.893. The van der Waals surface area contributed by atoms with Crippen LogP contribution in [0.3, 0.4) is 0 Å². The molecule has 1 N–H and O–H groups in total. The van der Waals surface area contributed by atoms with Gasteiger partial charge in [0.25, 0.3) is 0 Å². The van der Waals surface area contributed by atoms with Crippen LogP contribution in [0.1, 0.15) is 161 Å². The van der Waals surface area contributed by atoms with Crippen molar-refractivity contribution in [3.63, 3.8) is 0 Å². The van der Waals surface area contributed by atoms with E-state index < -0.39 is 5.97 Å². The van der Waals surface area contributed by atoms with Crippen LogP contribution in [-0.4, -0.2) is 11.1 Å². The number of hydrogen-bond donors (Lipinski definition) is 1. The molecule has 0 saturated heterocycles. The molecule has 0 heterocycles. The second kappa shape index (κ2) is 26.2. The molecule has 0 unspecified atom stereocenters. The van der Waals surface area contributed by atoms with Crippen molar-refractivity contribution < 1.29 is 9.90 Å². The maximum absolute atomic E-state index is 10.4. The van der Waals surface area contributed by atoms with Crippen LogP contribution in [0.4, 0.5) is 0 Å². The highest BCUT2D eigenvalue weighted by Crippen LogP contribution is 2.15. The van der Waals surface area contributed by atoms with Crippen molar-refractivity contribution in [2.75, 3.05) is 0 Å². The highest BCUT2D eigenvalue weighted by Gasteiger charge is 1.97. The summed E-state index contributed by atoms with van der Waals surface area (Å²) in [6.45, 7) is 2.27. The summed E-state index contributed by atoms with van der Waals surface area (Å²) in [6, 6.07) is 0. The van der Waals surface area contributed by atoms with Crippen molar-refractivity contribution in [1.82, 2.24) is 0 Å². The van der Waals surface area contributed by atoms with Gasteiger partial charge in [0.15, 0.2) is 0 Å². The first-order valence-corrected chi connectivity index (χ1v) is 13.6. The Kier molecular flexibility index (Phi) is 25.6. The van der Waals surface area contributed by atoms with Crippen LogP contribution in [0.2, 0.25) is 0 Å². The number of carbonyl (C=O) groups is 1. The Hall–Kier alpha value is -0.790. The first-order chi connectivity index (χ1) is 14.8. The Morgan fingerprint density at radius 1 is 0.500 bits per heavy atom. The van der Waals surface area contributed by atoms with E-state index in [9.17, 15) is 4.79 Å². The van der Waals surface area contributed by atoms with Crippen LogP contribution in [0.25, 0.3) is 0 Å². The maximum Gasteiger partial charge on any atom is 0.303 e. The molecule has 0 fully saturated rings. The molecule has 0 radical (unpaired) electrons. The second-order valence-electron chi connectivity index (χ2n) is 9.26. The minimum Gasteiger partial charge on any atom is -0.481 e. The predicted molar refractivity (Wildman–Crippen MR) is 133 cm³/mol. The Morgan fingerprint density at radius 3 is 1.13 bits per heavy atom. The molecule has 0 amide bonds. The molecular weight excluding hydrogens is 368 g/mol. The molecule has 0 spiro atoms. The smallest absolute Gasteiger partial charge is 0.303 e. The lowest BCUT2D eigenvalue weighted by Crippen LogP contribution is -1.93. The van der Waals surface area contributed by atoms with Gasteiger partial charge in [-0.15, -0.1) is 0 Å². The van der Waals surface area contributed by atoms with Gasteiger partial charge in [-0.2, -0.15) is 0 Å². The van der Waals surface area contributed by atoms with Gasteiger partial charge < -0.3 is 5.11 Å². The molecule has 0 rings (SSSR count). The Bertz CT molecular complexity index is 362. The van der Waals surface area contributed by atoms with Crippen molar-refractivity contribution in [3.8, 4) is 0 Å². The van der Waals surface area contributed by atoms with Crippen LogP contribution in [0.15, 0.2) is 12.2 Å². The molecule has 0 aliphatic carbocycles. The summed E-state index contributed by atoms with van der Waals surface area (Å²) >= 11 is 0. The van der Waals surface area contributed by atoms with E-state index in [1.165, 1.54) is 135 Å². The summed E-state index contributed by atoms with van der Waals surface area (Å²) in [5.41, 5.74) is 0. The third kappa shape index (κ3) is 27.2. The van der Waals surface area contributed by atoms with Gasteiger partial charge in [-0.25, -0.2) is 0 Å². The minimum absolute atomic E-state index is 0.344. The van der Waals surface area contributed by atoms with Crippen LogP contribution in [0.5, 0.6) is 0 Å². The SMILES string of the molecule is CCCCCC=CCCCCCCCCCCCCCCCCCCCCC(=O)O. The lowest BCUT2D eigenvalue weighted by atomic mass is 10.0. The lowest BCUT2D eigenvalue weighted by molar-refractivity contribution is -0.137. The highest BCUT2D eigenvalue weighted by atomic mass is 16.4. The molecular formula is C28H54O2. The predicted octanol–water partition coefficient (Wildman–Crippen LogP) is 10.0. The molecule has 30 heavy (non-hydrogen) atoms. The van der Waals surface area contributed by atoms with Gasteiger partial charge in [0, 0.05) is 6.42 Å². The van der Waals surface area contributed by atoms with E-state index in [2.05, 4.69) is 19.1 Å². The molecule has 0 aliphatic heterocycles. The number of carboxylic acids is 1. The zero-order valence-corrected chi connectivity index (χ0v) is 20.5. The summed E-state index contributed by atoms with van der Waals surface area (Å²) in [5, 5.41) is 8.59. The average molecular weight is 423 g/mol. The zero-order valence-electron chi connectivity index (χ0n) is 20.5. The van der Waals surface area contributed by atoms with Crippen molar-refractivity contribution in [2.24, 2.45) is 0 Å². The van der Waals surface area contributed by atoms with E-state index in [4.69, 9.17) is 5.11 Å². The molecule has 0 aliphatic rings. The van der Waals surface area contributed by atoms with Crippen LogP contribution in [0, 0.1) is 0 Å². The van der Waals surface area contributed by atoms with Crippen molar-refractivity contribution in [3.05, 3.63) is 12.2 Å². The summed E-state index contributed by atoms with van der Waals surface area (Å²) in [6.07, 6.45) is 36.0. The van der Waals surface area contributed by atoms with Gasteiger partial charge in [0.05, 0.1) is 0 Å². The second-order valence-corrected chi connectivity index (χ2v) is 9.26. The third-order valence-corrected chi connectivity index (χ3v) is 6.15. The van der Waals surface area contributed by atoms with Gasteiger partial charge in [0.2, 0.25) is 0 Å². The van der Waals surface area contributed by atoms with E-state index >= 15 is 0 Å². The quantitative estimate of drug-likeness (QED) is 0.117. The summed E-state index contributed by atoms with van der Waals surface area (Å²) in [7, 11) is 0. The van der Waals surface area contributed by atoms with E-state index in [0.29, 0.717) is 6.42 Å². The first-order valence-electron chi connectivity index (χ1n) is 13.6. The van der Waals surface area contributed by atoms with Gasteiger partial charge in [-0.05, 0) is 32.1 Å². The maximum atomic E-state index is 10.4. The molecule has 0 aromatic rings. The van der Waals surface area contributed by atoms with Crippen LogP contribution >= 0.6 is 0 Å². The van der Waals surface area contributed by atoms with Gasteiger partial charge in [0.1, 0.15) is 0 Å². The zero-order chi connectivity index (χ0) is 22.0. The van der Waals surface area contributed by atoms with Gasteiger partial charge >= 0.3 is 5.97 Å². The first kappa shape index (κ1) is 29.2. The molecule has 0 aromatic heterocycles. The highest BCUT2D eigenvalue weighted by molar-refractivity contribution is 5.66. The lowest BCUT2D eigenvalue weighted by Gasteiger charge is -2.04. The largest absolute Gasteiger partial charge is 0.481 e.